The molecule has 0 saturated carbocycles. The van der Waals surface area contributed by atoms with Crippen molar-refractivity contribution in [1.82, 2.24) is 0 Å². The van der Waals surface area contributed by atoms with Gasteiger partial charge in [0.05, 0.1) is 5.54 Å². The van der Waals surface area contributed by atoms with Gasteiger partial charge in [0.2, 0.25) is 0 Å². The summed E-state index contributed by atoms with van der Waals surface area (Å²) in [5.41, 5.74) is 7.20. The summed E-state index contributed by atoms with van der Waals surface area (Å²) >= 11 is 5.51. The van der Waals surface area contributed by atoms with E-state index in [-0.39, 0.29) is 5.54 Å². The highest BCUT2D eigenvalue weighted by Gasteiger charge is 2.30. The van der Waals surface area contributed by atoms with E-state index in [1.165, 1.54) is 11.5 Å². The summed E-state index contributed by atoms with van der Waals surface area (Å²) in [7, 11) is 0. The molecule has 1 saturated heterocycles. The van der Waals surface area contributed by atoms with Crippen LogP contribution >= 0.6 is 27.7 Å². The van der Waals surface area contributed by atoms with Crippen LogP contribution in [0.3, 0.4) is 0 Å². The fourth-order valence-corrected chi connectivity index (χ4v) is 3.69. The van der Waals surface area contributed by atoms with Crippen LogP contribution in [-0.4, -0.2) is 23.6 Å². The summed E-state index contributed by atoms with van der Waals surface area (Å²) in [4.78, 5) is 0. The molecule has 1 aromatic rings. The molecule has 0 atom stereocenters. The van der Waals surface area contributed by atoms with E-state index in [0.29, 0.717) is 6.54 Å². The largest absolute Gasteiger partial charge is 0.378 e. The molecule has 0 radical (unpaired) electrons. The Bertz CT molecular complexity index is 351. The molecule has 1 aromatic carbocycles. The van der Waals surface area contributed by atoms with Gasteiger partial charge in [-0.25, -0.2) is 0 Å². The van der Waals surface area contributed by atoms with Crippen molar-refractivity contribution in [3.05, 3.63) is 28.7 Å². The molecule has 2 nitrogen and oxygen atoms in total. The lowest BCUT2D eigenvalue weighted by Crippen LogP contribution is -2.48. The van der Waals surface area contributed by atoms with E-state index in [4.69, 9.17) is 5.73 Å². The van der Waals surface area contributed by atoms with Crippen LogP contribution in [0.2, 0.25) is 0 Å². The number of rotatable bonds is 3. The second kappa shape index (κ2) is 5.43. The predicted molar refractivity (Wildman–Crippen MR) is 76.1 cm³/mol. The van der Waals surface area contributed by atoms with Crippen molar-refractivity contribution in [3.63, 3.8) is 0 Å². The van der Waals surface area contributed by atoms with Gasteiger partial charge in [0, 0.05) is 16.7 Å². The van der Waals surface area contributed by atoms with Crippen molar-refractivity contribution in [3.8, 4) is 0 Å². The average Bonchev–Trinajstić information content (AvgIpc) is 2.30. The minimum Gasteiger partial charge on any atom is -0.378 e. The fraction of sp³-hybridized carbons (Fsp3) is 0.500. The molecule has 1 heterocycles. The lowest BCUT2D eigenvalue weighted by Gasteiger charge is -2.37. The van der Waals surface area contributed by atoms with Crippen LogP contribution in [0.5, 0.6) is 0 Å². The third-order valence-corrected chi connectivity index (χ3v) is 4.55. The minimum atomic E-state index is 0.103. The molecule has 1 aliphatic rings. The minimum absolute atomic E-state index is 0.103. The number of thioether (sulfide) groups is 1. The van der Waals surface area contributed by atoms with Gasteiger partial charge in [0.25, 0.3) is 0 Å². The molecule has 0 aromatic heterocycles. The van der Waals surface area contributed by atoms with Gasteiger partial charge in [-0.1, -0.05) is 22.0 Å². The number of nitrogens with one attached hydrogen (secondary N) is 1. The SMILES string of the molecule is NCC1(Nc2cccc(Br)c2)CCSCC1. The second-order valence-corrected chi connectivity index (χ2v) is 6.37. The maximum absolute atomic E-state index is 5.94. The predicted octanol–water partition coefficient (Wildman–Crippen LogP) is 3.09. The van der Waals surface area contributed by atoms with Gasteiger partial charge >= 0.3 is 0 Å². The van der Waals surface area contributed by atoms with Gasteiger partial charge in [0.15, 0.2) is 0 Å². The van der Waals surface area contributed by atoms with Gasteiger partial charge in [-0.05, 0) is 42.5 Å². The van der Waals surface area contributed by atoms with Crippen molar-refractivity contribution in [2.75, 3.05) is 23.4 Å². The summed E-state index contributed by atoms with van der Waals surface area (Å²) in [6.07, 6.45) is 2.31. The lowest BCUT2D eigenvalue weighted by atomic mass is 9.92. The first-order valence-corrected chi connectivity index (χ1v) is 7.50. The third-order valence-electron chi connectivity index (χ3n) is 3.07. The molecule has 16 heavy (non-hydrogen) atoms. The summed E-state index contributed by atoms with van der Waals surface area (Å²) < 4.78 is 1.11. The molecule has 3 N–H and O–H groups in total. The van der Waals surface area contributed by atoms with E-state index >= 15 is 0 Å². The highest BCUT2D eigenvalue weighted by molar-refractivity contribution is 9.10. The van der Waals surface area contributed by atoms with Crippen LogP contribution in [0.25, 0.3) is 0 Å². The Morgan fingerprint density at radius 1 is 1.38 bits per heavy atom. The van der Waals surface area contributed by atoms with Crippen LogP contribution in [0, 0.1) is 0 Å². The van der Waals surface area contributed by atoms with Crippen molar-refractivity contribution in [2.24, 2.45) is 5.73 Å². The maximum atomic E-state index is 5.94. The van der Waals surface area contributed by atoms with Crippen molar-refractivity contribution < 1.29 is 0 Å². The first kappa shape index (κ1) is 12.3. The molecule has 0 aliphatic carbocycles. The standard InChI is InChI=1S/C12H17BrN2S/c13-10-2-1-3-11(8-10)15-12(9-14)4-6-16-7-5-12/h1-3,8,15H,4-7,9,14H2. The Balaban J connectivity index is 2.11. The molecule has 0 amide bonds. The topological polar surface area (TPSA) is 38.0 Å². The Labute approximate surface area is 109 Å². The summed E-state index contributed by atoms with van der Waals surface area (Å²) in [5.74, 6) is 2.41. The van der Waals surface area contributed by atoms with Crippen LogP contribution in [-0.2, 0) is 0 Å². The van der Waals surface area contributed by atoms with Crippen LogP contribution in [0.4, 0.5) is 5.69 Å². The van der Waals surface area contributed by atoms with Crippen LogP contribution in [0.15, 0.2) is 28.7 Å². The number of halogens is 1. The number of anilines is 1. The number of hydrogen-bond acceptors (Lipinski definition) is 3. The van der Waals surface area contributed by atoms with Crippen LogP contribution < -0.4 is 11.1 Å². The zero-order valence-electron chi connectivity index (χ0n) is 9.21. The summed E-state index contributed by atoms with van der Waals surface area (Å²) in [6.45, 7) is 0.708. The molecule has 2 rings (SSSR count). The molecule has 88 valence electrons. The van der Waals surface area contributed by atoms with E-state index in [1.807, 2.05) is 23.9 Å². The Morgan fingerprint density at radius 3 is 2.75 bits per heavy atom. The van der Waals surface area contributed by atoms with Gasteiger partial charge < -0.3 is 11.1 Å². The highest BCUT2D eigenvalue weighted by atomic mass is 79.9. The van der Waals surface area contributed by atoms with E-state index < -0.39 is 0 Å². The first-order chi connectivity index (χ1) is 7.74. The number of hydrogen-bond donors (Lipinski definition) is 2. The number of benzene rings is 1. The molecular weight excluding hydrogens is 284 g/mol. The van der Waals surface area contributed by atoms with E-state index in [1.54, 1.807) is 0 Å². The zero-order valence-corrected chi connectivity index (χ0v) is 11.6. The molecule has 1 aliphatic heterocycles. The van der Waals surface area contributed by atoms with Crippen molar-refractivity contribution in [2.45, 2.75) is 18.4 Å². The smallest absolute Gasteiger partial charge is 0.0511 e. The number of nitrogens with two attached hydrogens (primary N) is 1. The molecule has 0 unspecified atom stereocenters. The lowest BCUT2D eigenvalue weighted by molar-refractivity contribution is 0.443. The van der Waals surface area contributed by atoms with Gasteiger partial charge in [-0.2, -0.15) is 11.8 Å². The molecule has 1 fully saturated rings. The molecule has 4 heteroatoms. The highest BCUT2D eigenvalue weighted by Crippen LogP contribution is 2.30. The van der Waals surface area contributed by atoms with Gasteiger partial charge in [0.1, 0.15) is 0 Å². The third kappa shape index (κ3) is 2.93. The summed E-state index contributed by atoms with van der Waals surface area (Å²) in [6, 6.07) is 8.30. The molecule has 0 spiro atoms. The van der Waals surface area contributed by atoms with Gasteiger partial charge in [-0.15, -0.1) is 0 Å². The molecular formula is C12H17BrN2S. The quantitative estimate of drug-likeness (QED) is 0.901. The van der Waals surface area contributed by atoms with E-state index in [0.717, 1.165) is 23.0 Å². The summed E-state index contributed by atoms with van der Waals surface area (Å²) in [5, 5.41) is 3.62. The maximum Gasteiger partial charge on any atom is 0.0511 e. The van der Waals surface area contributed by atoms with Crippen molar-refractivity contribution >= 4 is 33.4 Å². The molecule has 0 bridgehead atoms. The van der Waals surface area contributed by atoms with E-state index in [2.05, 4.69) is 33.4 Å². The Hall–Kier alpha value is -0.190. The second-order valence-electron chi connectivity index (χ2n) is 4.23. The zero-order chi connectivity index (χ0) is 11.4. The fourth-order valence-electron chi connectivity index (χ4n) is 2.01. The van der Waals surface area contributed by atoms with Gasteiger partial charge in [-0.3, -0.25) is 0 Å². The average molecular weight is 301 g/mol. The van der Waals surface area contributed by atoms with E-state index in [9.17, 15) is 0 Å². The van der Waals surface area contributed by atoms with Crippen molar-refractivity contribution in [1.29, 1.82) is 0 Å². The first-order valence-electron chi connectivity index (χ1n) is 5.56. The Morgan fingerprint density at radius 2 is 2.12 bits per heavy atom. The Kier molecular flexibility index (Phi) is 4.16. The monoisotopic (exact) mass is 300 g/mol. The van der Waals surface area contributed by atoms with Crippen LogP contribution in [0.1, 0.15) is 12.8 Å². The normalized spacial score (nSPS) is 19.4.